The number of carbonyl (C=O) groups is 1. The molecule has 3 rings (SSSR count). The molecule has 2 aromatic rings. The second-order valence-electron chi connectivity index (χ2n) is 6.34. The van der Waals surface area contributed by atoms with E-state index in [-0.39, 0.29) is 5.91 Å². The van der Waals surface area contributed by atoms with Gasteiger partial charge in [-0.05, 0) is 49.7 Å². The van der Waals surface area contributed by atoms with Crippen LogP contribution in [-0.4, -0.2) is 42.1 Å². The molecule has 1 saturated heterocycles. The average molecular weight is 360 g/mol. The van der Waals surface area contributed by atoms with E-state index in [2.05, 4.69) is 22.2 Å². The Morgan fingerprint density at radius 1 is 1.32 bits per heavy atom. The van der Waals surface area contributed by atoms with Gasteiger partial charge in [0, 0.05) is 31.5 Å². The molecule has 1 aliphatic heterocycles. The van der Waals surface area contributed by atoms with Crippen molar-refractivity contribution in [1.82, 2.24) is 9.88 Å². The topological polar surface area (TPSA) is 54.5 Å². The third-order valence-corrected chi connectivity index (χ3v) is 4.40. The fraction of sp³-hybridized carbons (Fsp3) is 0.368. The van der Waals surface area contributed by atoms with Gasteiger partial charge >= 0.3 is 0 Å². The molecule has 1 aromatic carbocycles. The standard InChI is InChI=1S/C19H22ClN3O2/c1-23(13-17-3-2-10-25-17)12-14-4-6-15(7-5-14)19(24)22-18-9-8-16(20)11-21-18/h4-9,11,17H,2-3,10,12-13H2,1H3,(H,21,22,24)/t17-/m0/s1. The van der Waals surface area contributed by atoms with E-state index < -0.39 is 0 Å². The smallest absolute Gasteiger partial charge is 0.256 e. The van der Waals surface area contributed by atoms with Gasteiger partial charge in [-0.2, -0.15) is 0 Å². The molecule has 132 valence electrons. The van der Waals surface area contributed by atoms with Crippen molar-refractivity contribution in [2.75, 3.05) is 25.5 Å². The number of nitrogens with zero attached hydrogens (tertiary/aromatic N) is 2. The van der Waals surface area contributed by atoms with Gasteiger partial charge in [0.15, 0.2) is 0 Å². The van der Waals surface area contributed by atoms with Crippen LogP contribution in [0.1, 0.15) is 28.8 Å². The number of ether oxygens (including phenoxy) is 1. The van der Waals surface area contributed by atoms with E-state index in [4.69, 9.17) is 16.3 Å². The molecule has 1 aliphatic rings. The van der Waals surface area contributed by atoms with E-state index in [0.717, 1.165) is 32.5 Å². The molecule has 1 fully saturated rings. The highest BCUT2D eigenvalue weighted by molar-refractivity contribution is 6.30. The summed E-state index contributed by atoms with van der Waals surface area (Å²) in [6.07, 6.45) is 4.15. The number of likely N-dealkylation sites (N-methyl/N-ethyl adjacent to an activating group) is 1. The molecule has 5 nitrogen and oxygen atoms in total. The SMILES string of the molecule is CN(Cc1ccc(C(=O)Nc2ccc(Cl)cn2)cc1)C[C@@H]1CCCO1. The molecular weight excluding hydrogens is 338 g/mol. The van der Waals surface area contributed by atoms with Gasteiger partial charge in [0.2, 0.25) is 0 Å². The molecular formula is C19H22ClN3O2. The first kappa shape index (κ1) is 17.9. The number of halogens is 1. The lowest BCUT2D eigenvalue weighted by Gasteiger charge is -2.20. The number of rotatable bonds is 6. The maximum Gasteiger partial charge on any atom is 0.256 e. The van der Waals surface area contributed by atoms with Crippen LogP contribution in [0.2, 0.25) is 5.02 Å². The van der Waals surface area contributed by atoms with Gasteiger partial charge in [0.1, 0.15) is 5.82 Å². The summed E-state index contributed by atoms with van der Waals surface area (Å²) < 4.78 is 5.67. The summed E-state index contributed by atoms with van der Waals surface area (Å²) in [5, 5.41) is 3.29. The van der Waals surface area contributed by atoms with Gasteiger partial charge in [-0.1, -0.05) is 23.7 Å². The normalized spacial score (nSPS) is 17.0. The predicted molar refractivity (Wildman–Crippen MR) is 99.0 cm³/mol. The Bertz CT molecular complexity index is 698. The maximum atomic E-state index is 12.3. The second kappa shape index (κ2) is 8.43. The van der Waals surface area contributed by atoms with Crippen LogP contribution in [0.4, 0.5) is 5.82 Å². The van der Waals surface area contributed by atoms with Gasteiger partial charge in [0.05, 0.1) is 11.1 Å². The maximum absolute atomic E-state index is 12.3. The molecule has 0 saturated carbocycles. The van der Waals surface area contributed by atoms with Crippen molar-refractivity contribution < 1.29 is 9.53 Å². The van der Waals surface area contributed by atoms with Crippen molar-refractivity contribution in [2.24, 2.45) is 0 Å². The number of nitrogens with one attached hydrogen (secondary N) is 1. The third-order valence-electron chi connectivity index (χ3n) is 4.18. The van der Waals surface area contributed by atoms with E-state index in [1.807, 2.05) is 24.3 Å². The Kier molecular flexibility index (Phi) is 6.02. The highest BCUT2D eigenvalue weighted by Gasteiger charge is 2.17. The largest absolute Gasteiger partial charge is 0.377 e. The summed E-state index contributed by atoms with van der Waals surface area (Å²) in [5.41, 5.74) is 1.77. The van der Waals surface area contributed by atoms with E-state index in [1.54, 1.807) is 12.1 Å². The summed E-state index contributed by atoms with van der Waals surface area (Å²) in [4.78, 5) is 18.6. The Morgan fingerprint density at radius 2 is 2.12 bits per heavy atom. The molecule has 0 spiro atoms. The number of hydrogen-bond acceptors (Lipinski definition) is 4. The Labute approximate surface area is 153 Å². The number of hydrogen-bond donors (Lipinski definition) is 1. The minimum atomic E-state index is -0.186. The molecule has 0 bridgehead atoms. The Morgan fingerprint density at radius 3 is 2.76 bits per heavy atom. The molecule has 25 heavy (non-hydrogen) atoms. The van der Waals surface area contributed by atoms with Gasteiger partial charge in [-0.3, -0.25) is 9.69 Å². The van der Waals surface area contributed by atoms with Crippen molar-refractivity contribution in [3.05, 3.63) is 58.7 Å². The summed E-state index contributed by atoms with van der Waals surface area (Å²) >= 11 is 5.79. The Hall–Kier alpha value is -1.95. The lowest BCUT2D eigenvalue weighted by Crippen LogP contribution is -2.28. The van der Waals surface area contributed by atoms with Crippen LogP contribution in [0, 0.1) is 0 Å². The zero-order valence-corrected chi connectivity index (χ0v) is 15.0. The van der Waals surface area contributed by atoms with Crippen molar-refractivity contribution in [1.29, 1.82) is 0 Å². The van der Waals surface area contributed by atoms with Crippen LogP contribution in [-0.2, 0) is 11.3 Å². The highest BCUT2D eigenvalue weighted by Crippen LogP contribution is 2.15. The zero-order chi connectivity index (χ0) is 17.6. The molecule has 1 aromatic heterocycles. The van der Waals surface area contributed by atoms with Crippen LogP contribution in [0.25, 0.3) is 0 Å². The van der Waals surface area contributed by atoms with Crippen molar-refractivity contribution in [2.45, 2.75) is 25.5 Å². The molecule has 2 heterocycles. The Balaban J connectivity index is 1.53. The lowest BCUT2D eigenvalue weighted by molar-refractivity contribution is 0.0793. The number of carbonyl (C=O) groups excluding carboxylic acids is 1. The van der Waals surface area contributed by atoms with E-state index in [0.29, 0.717) is 22.5 Å². The molecule has 1 atom stereocenters. The van der Waals surface area contributed by atoms with E-state index >= 15 is 0 Å². The minimum Gasteiger partial charge on any atom is -0.377 e. The summed E-state index contributed by atoms with van der Waals surface area (Å²) in [6, 6.07) is 11.0. The summed E-state index contributed by atoms with van der Waals surface area (Å²) in [7, 11) is 2.09. The molecule has 0 aliphatic carbocycles. The fourth-order valence-corrected chi connectivity index (χ4v) is 3.02. The van der Waals surface area contributed by atoms with Gasteiger partial charge in [-0.25, -0.2) is 4.98 Å². The van der Waals surface area contributed by atoms with Gasteiger partial charge in [-0.15, -0.1) is 0 Å². The first-order valence-corrected chi connectivity index (χ1v) is 8.80. The average Bonchev–Trinajstić information content (AvgIpc) is 3.10. The zero-order valence-electron chi connectivity index (χ0n) is 14.2. The number of aromatic nitrogens is 1. The molecule has 6 heteroatoms. The second-order valence-corrected chi connectivity index (χ2v) is 6.78. The molecule has 1 amide bonds. The monoisotopic (exact) mass is 359 g/mol. The van der Waals surface area contributed by atoms with Crippen LogP contribution in [0.15, 0.2) is 42.6 Å². The lowest BCUT2D eigenvalue weighted by atomic mass is 10.1. The van der Waals surface area contributed by atoms with Gasteiger partial charge < -0.3 is 10.1 Å². The number of benzene rings is 1. The third kappa shape index (κ3) is 5.26. The summed E-state index contributed by atoms with van der Waals surface area (Å²) in [6.45, 7) is 2.65. The van der Waals surface area contributed by atoms with Gasteiger partial charge in [0.25, 0.3) is 5.91 Å². The first-order valence-electron chi connectivity index (χ1n) is 8.42. The fourth-order valence-electron chi connectivity index (χ4n) is 2.91. The van der Waals surface area contributed by atoms with Crippen LogP contribution < -0.4 is 5.32 Å². The van der Waals surface area contributed by atoms with Crippen LogP contribution >= 0.6 is 11.6 Å². The van der Waals surface area contributed by atoms with E-state index in [1.165, 1.54) is 11.8 Å². The van der Waals surface area contributed by atoms with Crippen molar-refractivity contribution >= 4 is 23.3 Å². The number of anilines is 1. The highest BCUT2D eigenvalue weighted by atomic mass is 35.5. The number of amides is 1. The quantitative estimate of drug-likeness (QED) is 0.856. The molecule has 1 N–H and O–H groups in total. The predicted octanol–water partition coefficient (Wildman–Crippen LogP) is 3.60. The minimum absolute atomic E-state index is 0.186. The molecule has 0 radical (unpaired) electrons. The van der Waals surface area contributed by atoms with Crippen LogP contribution in [0.5, 0.6) is 0 Å². The molecule has 0 unspecified atom stereocenters. The summed E-state index contributed by atoms with van der Waals surface area (Å²) in [5.74, 6) is 0.295. The first-order chi connectivity index (χ1) is 12.1. The van der Waals surface area contributed by atoms with Crippen molar-refractivity contribution in [3.8, 4) is 0 Å². The van der Waals surface area contributed by atoms with Crippen LogP contribution in [0.3, 0.4) is 0 Å². The van der Waals surface area contributed by atoms with E-state index in [9.17, 15) is 4.79 Å². The number of pyridine rings is 1. The van der Waals surface area contributed by atoms with Crippen molar-refractivity contribution in [3.63, 3.8) is 0 Å².